The summed E-state index contributed by atoms with van der Waals surface area (Å²) in [7, 11) is 0. The monoisotopic (exact) mass is 366 g/mol. The zero-order chi connectivity index (χ0) is 19.5. The van der Waals surface area contributed by atoms with E-state index in [1.54, 1.807) is 0 Å². The molecule has 0 saturated carbocycles. The van der Waals surface area contributed by atoms with Gasteiger partial charge in [0.2, 0.25) is 0 Å². The van der Waals surface area contributed by atoms with Gasteiger partial charge in [0, 0.05) is 35.1 Å². The quantitative estimate of drug-likeness (QED) is 0.533. The van der Waals surface area contributed by atoms with Gasteiger partial charge in [0.05, 0.1) is 0 Å². The van der Waals surface area contributed by atoms with Gasteiger partial charge in [0.25, 0.3) is 5.56 Å². The van der Waals surface area contributed by atoms with Crippen LogP contribution in [0.2, 0.25) is 0 Å². The Morgan fingerprint density at radius 1 is 0.964 bits per heavy atom. The Balaban J connectivity index is 1.79. The van der Waals surface area contributed by atoms with Gasteiger partial charge in [-0.15, -0.1) is 0 Å². The van der Waals surface area contributed by atoms with Crippen LogP contribution >= 0.6 is 0 Å². The zero-order valence-electron chi connectivity index (χ0n) is 16.1. The van der Waals surface area contributed by atoms with E-state index in [1.165, 1.54) is 11.1 Å². The van der Waals surface area contributed by atoms with Gasteiger partial charge in [-0.25, -0.2) is 0 Å². The van der Waals surface area contributed by atoms with Gasteiger partial charge in [-0.1, -0.05) is 55.2 Å². The first-order valence-corrected chi connectivity index (χ1v) is 9.53. The van der Waals surface area contributed by atoms with E-state index >= 15 is 0 Å². The van der Waals surface area contributed by atoms with Crippen LogP contribution in [0.5, 0.6) is 0 Å². The maximum atomic E-state index is 12.4. The van der Waals surface area contributed by atoms with Gasteiger partial charge in [-0.05, 0) is 48.7 Å². The Morgan fingerprint density at radius 2 is 1.71 bits per heavy atom. The van der Waals surface area contributed by atoms with Crippen LogP contribution in [0.15, 0.2) is 71.7 Å². The first kappa shape index (κ1) is 17.9. The Labute approximate surface area is 164 Å². The van der Waals surface area contributed by atoms with Crippen molar-refractivity contribution in [3.05, 3.63) is 111 Å². The normalized spacial score (nSPS) is 10.6. The first-order chi connectivity index (χ1) is 13.7. The minimum absolute atomic E-state index is 0.0434. The third-order valence-electron chi connectivity index (χ3n) is 4.97. The summed E-state index contributed by atoms with van der Waals surface area (Å²) in [5.41, 5.74) is 7.05. The molecule has 0 aliphatic heterocycles. The van der Waals surface area contributed by atoms with E-state index in [-0.39, 0.29) is 5.56 Å². The fourth-order valence-electron chi connectivity index (χ4n) is 3.55. The molecular weight excluding hydrogens is 344 g/mol. The number of aromatic nitrogens is 2. The highest BCUT2D eigenvalue weighted by molar-refractivity contribution is 5.54. The van der Waals surface area contributed by atoms with Crippen LogP contribution in [0.4, 0.5) is 0 Å². The smallest absolute Gasteiger partial charge is 0.272 e. The van der Waals surface area contributed by atoms with Crippen LogP contribution in [0.25, 0.3) is 5.52 Å². The third-order valence-corrected chi connectivity index (χ3v) is 4.97. The molecule has 4 aromatic rings. The molecule has 0 aliphatic rings. The van der Waals surface area contributed by atoms with Crippen molar-refractivity contribution in [3.63, 3.8) is 0 Å². The minimum Gasteiger partial charge on any atom is -0.323 e. The molecule has 0 radical (unpaired) electrons. The number of benzene rings is 2. The maximum Gasteiger partial charge on any atom is 0.272 e. The molecule has 3 nitrogen and oxygen atoms in total. The Hall–Kier alpha value is -3.51. The molecule has 2 aromatic heterocycles. The molecule has 0 bridgehead atoms. The molecule has 0 unspecified atom stereocenters. The molecule has 1 N–H and O–H groups in total. The van der Waals surface area contributed by atoms with Crippen molar-refractivity contribution in [2.75, 3.05) is 0 Å². The average molecular weight is 366 g/mol. The van der Waals surface area contributed by atoms with Crippen LogP contribution in [0.3, 0.4) is 0 Å². The summed E-state index contributed by atoms with van der Waals surface area (Å²) in [4.78, 5) is 15.3. The number of hydrogen-bond acceptors (Lipinski definition) is 1. The summed E-state index contributed by atoms with van der Waals surface area (Å²) in [6.07, 6.45) is 3.62. The fourth-order valence-corrected chi connectivity index (χ4v) is 3.55. The molecule has 0 saturated heterocycles. The third kappa shape index (κ3) is 3.50. The molecule has 28 heavy (non-hydrogen) atoms. The van der Waals surface area contributed by atoms with E-state index in [9.17, 15) is 4.79 Å². The van der Waals surface area contributed by atoms with Crippen molar-refractivity contribution in [1.29, 1.82) is 0 Å². The van der Waals surface area contributed by atoms with Crippen LogP contribution in [-0.4, -0.2) is 9.38 Å². The maximum absolute atomic E-state index is 12.4. The molecule has 0 amide bonds. The molecule has 0 fully saturated rings. The standard InChI is InChI=1S/C25H22N2O/c1-3-20-15-24-25(28)26-18(2)17-27(24)23(20)16-22-12-8-7-11-21(22)14-13-19-9-5-4-6-10-19/h4-12,15,17H,3,16H2,1-2H3,(H,26,28). The highest BCUT2D eigenvalue weighted by Gasteiger charge is 2.13. The lowest BCUT2D eigenvalue weighted by Crippen LogP contribution is -2.11. The molecule has 3 heteroatoms. The van der Waals surface area contributed by atoms with E-state index in [2.05, 4.69) is 35.9 Å². The predicted octanol–water partition coefficient (Wildman–Crippen LogP) is 4.49. The number of nitrogens with zero attached hydrogens (tertiary/aromatic N) is 1. The molecule has 0 atom stereocenters. The van der Waals surface area contributed by atoms with Crippen LogP contribution in [-0.2, 0) is 12.8 Å². The van der Waals surface area contributed by atoms with Crippen molar-refractivity contribution in [2.45, 2.75) is 26.7 Å². The fraction of sp³-hybridized carbons (Fsp3) is 0.160. The van der Waals surface area contributed by atoms with Gasteiger partial charge < -0.3 is 9.38 Å². The van der Waals surface area contributed by atoms with Gasteiger partial charge in [-0.2, -0.15) is 0 Å². The highest BCUT2D eigenvalue weighted by atomic mass is 16.1. The summed E-state index contributed by atoms with van der Waals surface area (Å²) in [5.74, 6) is 6.58. The number of hydrogen-bond donors (Lipinski definition) is 1. The van der Waals surface area contributed by atoms with Gasteiger partial charge in [0.15, 0.2) is 0 Å². The molecule has 138 valence electrons. The van der Waals surface area contributed by atoms with E-state index in [4.69, 9.17) is 0 Å². The molecule has 4 rings (SSSR count). The van der Waals surface area contributed by atoms with E-state index in [1.807, 2.05) is 66.1 Å². The molecule has 2 heterocycles. The lowest BCUT2D eigenvalue weighted by molar-refractivity contribution is 0.947. The zero-order valence-corrected chi connectivity index (χ0v) is 16.1. The Bertz CT molecular complexity index is 1250. The second-order valence-corrected chi connectivity index (χ2v) is 6.94. The van der Waals surface area contributed by atoms with Crippen molar-refractivity contribution in [2.24, 2.45) is 0 Å². The lowest BCUT2D eigenvalue weighted by atomic mass is 10.0. The second kappa shape index (κ2) is 7.62. The van der Waals surface area contributed by atoms with Crippen LogP contribution in [0, 0.1) is 18.8 Å². The van der Waals surface area contributed by atoms with Gasteiger partial charge >= 0.3 is 0 Å². The van der Waals surface area contributed by atoms with Gasteiger partial charge in [0.1, 0.15) is 5.52 Å². The van der Waals surface area contributed by atoms with Crippen molar-refractivity contribution >= 4 is 5.52 Å². The number of H-pyrrole nitrogens is 1. The Kier molecular flexibility index (Phi) is 4.87. The summed E-state index contributed by atoms with van der Waals surface area (Å²) < 4.78 is 2.04. The largest absolute Gasteiger partial charge is 0.323 e. The summed E-state index contributed by atoms with van der Waals surface area (Å²) in [6.45, 7) is 4.04. The van der Waals surface area contributed by atoms with Crippen LogP contribution in [0.1, 0.15) is 40.6 Å². The highest BCUT2D eigenvalue weighted by Crippen LogP contribution is 2.21. The number of aryl methyl sites for hydroxylation is 2. The number of aromatic amines is 1. The molecular formula is C25H22N2O. The predicted molar refractivity (Wildman–Crippen MR) is 114 cm³/mol. The minimum atomic E-state index is -0.0434. The SMILES string of the molecule is CCc1cc2c(=O)[nH]c(C)cn2c1Cc1ccccc1C#Cc1ccccc1. The average Bonchev–Trinajstić information content (AvgIpc) is 3.06. The molecule has 2 aromatic carbocycles. The number of nitrogens with one attached hydrogen (secondary N) is 1. The Morgan fingerprint density at radius 3 is 2.50 bits per heavy atom. The van der Waals surface area contributed by atoms with E-state index in [0.29, 0.717) is 5.52 Å². The summed E-state index contributed by atoms with van der Waals surface area (Å²) >= 11 is 0. The van der Waals surface area contributed by atoms with Crippen molar-refractivity contribution < 1.29 is 0 Å². The number of fused-ring (bicyclic) bond motifs is 1. The second-order valence-electron chi connectivity index (χ2n) is 6.94. The summed E-state index contributed by atoms with van der Waals surface area (Å²) in [5, 5.41) is 0. The van der Waals surface area contributed by atoms with E-state index in [0.717, 1.165) is 35.4 Å². The lowest BCUT2D eigenvalue weighted by Gasteiger charge is -2.09. The summed E-state index contributed by atoms with van der Waals surface area (Å²) in [6, 6.07) is 20.3. The molecule has 0 spiro atoms. The van der Waals surface area contributed by atoms with Crippen molar-refractivity contribution in [3.8, 4) is 11.8 Å². The number of rotatable bonds is 3. The van der Waals surface area contributed by atoms with Crippen LogP contribution < -0.4 is 5.56 Å². The van der Waals surface area contributed by atoms with Gasteiger partial charge in [-0.3, -0.25) is 4.79 Å². The molecule has 0 aliphatic carbocycles. The topological polar surface area (TPSA) is 37.3 Å². The van der Waals surface area contributed by atoms with E-state index < -0.39 is 0 Å². The van der Waals surface area contributed by atoms with Crippen molar-refractivity contribution in [1.82, 2.24) is 9.38 Å². The first-order valence-electron chi connectivity index (χ1n) is 9.53.